The molecule has 1 saturated carbocycles. The van der Waals surface area contributed by atoms with Crippen molar-refractivity contribution < 1.29 is 9.90 Å². The monoisotopic (exact) mass is 289 g/mol. The molecule has 2 heterocycles. The first-order valence-electron chi connectivity index (χ1n) is 7.25. The lowest BCUT2D eigenvalue weighted by Crippen LogP contribution is -2.40. The Morgan fingerprint density at radius 2 is 2.19 bits per heavy atom. The van der Waals surface area contributed by atoms with Gasteiger partial charge in [-0.25, -0.2) is 4.98 Å². The van der Waals surface area contributed by atoms with Crippen LogP contribution in [0.25, 0.3) is 5.78 Å². The largest absolute Gasteiger partial charge is 0.481 e. The third-order valence-corrected chi connectivity index (χ3v) is 4.25. The van der Waals surface area contributed by atoms with Gasteiger partial charge in [-0.15, -0.1) is 0 Å². The van der Waals surface area contributed by atoms with E-state index in [0.29, 0.717) is 12.3 Å². The molecular weight excluding hydrogens is 270 g/mol. The number of anilines is 1. The lowest BCUT2D eigenvalue weighted by atomic mass is 9.74. The molecular formula is C14H19N5O2. The van der Waals surface area contributed by atoms with Gasteiger partial charge < -0.3 is 10.4 Å². The molecule has 112 valence electrons. The minimum atomic E-state index is -0.713. The molecule has 0 radical (unpaired) electrons. The zero-order valence-corrected chi connectivity index (χ0v) is 12.0. The number of fused-ring (bicyclic) bond motifs is 1. The Hall–Kier alpha value is -2.18. The predicted molar refractivity (Wildman–Crippen MR) is 77.2 cm³/mol. The smallest absolute Gasteiger partial charge is 0.311 e. The molecule has 0 aromatic carbocycles. The van der Waals surface area contributed by atoms with Gasteiger partial charge in [0.2, 0.25) is 0 Å². The standard InChI is InChI=1S/C14H19N5O2/c1-10-7-11(19-13(18-10)16-9-17-19)15-8-14(12(20)21)5-3-2-4-6-14/h7,9,15H,2-6,8H2,1H3,(H,20,21). The quantitative estimate of drug-likeness (QED) is 0.892. The van der Waals surface area contributed by atoms with Gasteiger partial charge in [-0.3, -0.25) is 4.79 Å². The number of hydrogen-bond donors (Lipinski definition) is 2. The molecule has 21 heavy (non-hydrogen) atoms. The number of nitrogens with zero attached hydrogens (tertiary/aromatic N) is 4. The van der Waals surface area contributed by atoms with Crippen LogP contribution in [0.2, 0.25) is 0 Å². The van der Waals surface area contributed by atoms with Crippen molar-refractivity contribution in [3.8, 4) is 0 Å². The van der Waals surface area contributed by atoms with Crippen molar-refractivity contribution in [2.45, 2.75) is 39.0 Å². The summed E-state index contributed by atoms with van der Waals surface area (Å²) in [6.45, 7) is 2.29. The van der Waals surface area contributed by atoms with E-state index in [1.54, 1.807) is 4.52 Å². The van der Waals surface area contributed by atoms with Gasteiger partial charge in [0.1, 0.15) is 12.1 Å². The van der Waals surface area contributed by atoms with Crippen LogP contribution >= 0.6 is 0 Å². The van der Waals surface area contributed by atoms with Crippen LogP contribution in [0.3, 0.4) is 0 Å². The van der Waals surface area contributed by atoms with E-state index in [1.165, 1.54) is 6.33 Å². The highest BCUT2D eigenvalue weighted by molar-refractivity contribution is 5.75. The summed E-state index contributed by atoms with van der Waals surface area (Å²) < 4.78 is 1.60. The fraction of sp³-hybridized carbons (Fsp3) is 0.571. The molecule has 0 aliphatic heterocycles. The van der Waals surface area contributed by atoms with Crippen LogP contribution in [0.15, 0.2) is 12.4 Å². The summed E-state index contributed by atoms with van der Waals surface area (Å²) in [6.07, 6.45) is 5.96. The number of carboxylic acids is 1. The predicted octanol–water partition coefficient (Wildman–Crippen LogP) is 1.88. The fourth-order valence-corrected chi connectivity index (χ4v) is 3.01. The summed E-state index contributed by atoms with van der Waals surface area (Å²) in [5.41, 5.74) is 0.147. The first kappa shape index (κ1) is 13.8. The summed E-state index contributed by atoms with van der Waals surface area (Å²) in [6, 6.07) is 1.86. The summed E-state index contributed by atoms with van der Waals surface area (Å²) >= 11 is 0. The first-order chi connectivity index (χ1) is 10.1. The third kappa shape index (κ3) is 2.55. The lowest BCUT2D eigenvalue weighted by Gasteiger charge is -2.33. The Bertz CT molecular complexity index is 660. The van der Waals surface area contributed by atoms with Gasteiger partial charge in [0.15, 0.2) is 0 Å². The first-order valence-corrected chi connectivity index (χ1v) is 7.25. The number of nitrogens with one attached hydrogen (secondary N) is 1. The number of aromatic nitrogens is 4. The van der Waals surface area contributed by atoms with E-state index in [4.69, 9.17) is 0 Å². The van der Waals surface area contributed by atoms with E-state index in [-0.39, 0.29) is 0 Å². The van der Waals surface area contributed by atoms with Crippen LogP contribution in [0.5, 0.6) is 0 Å². The van der Waals surface area contributed by atoms with E-state index in [1.807, 2.05) is 13.0 Å². The second-order valence-electron chi connectivity index (χ2n) is 5.75. The second kappa shape index (κ2) is 5.31. The van der Waals surface area contributed by atoms with Crippen molar-refractivity contribution in [3.63, 3.8) is 0 Å². The van der Waals surface area contributed by atoms with E-state index >= 15 is 0 Å². The molecule has 7 heteroatoms. The average Bonchev–Trinajstić information content (AvgIpc) is 2.93. The van der Waals surface area contributed by atoms with Crippen LogP contribution in [0.4, 0.5) is 5.82 Å². The molecule has 0 amide bonds. The number of rotatable bonds is 4. The Balaban J connectivity index is 1.84. The number of aryl methyl sites for hydroxylation is 1. The van der Waals surface area contributed by atoms with E-state index in [0.717, 1.165) is 43.6 Å². The average molecular weight is 289 g/mol. The fourth-order valence-electron chi connectivity index (χ4n) is 3.01. The minimum Gasteiger partial charge on any atom is -0.481 e. The highest BCUT2D eigenvalue weighted by Crippen LogP contribution is 2.36. The highest BCUT2D eigenvalue weighted by Gasteiger charge is 2.39. The van der Waals surface area contributed by atoms with E-state index < -0.39 is 11.4 Å². The van der Waals surface area contributed by atoms with Crippen molar-refractivity contribution >= 4 is 17.6 Å². The number of aliphatic carboxylic acids is 1. The topological polar surface area (TPSA) is 92.4 Å². The number of carbonyl (C=O) groups is 1. The normalized spacial score (nSPS) is 17.8. The summed E-state index contributed by atoms with van der Waals surface area (Å²) in [5, 5.41) is 17.0. The third-order valence-electron chi connectivity index (χ3n) is 4.25. The summed E-state index contributed by atoms with van der Waals surface area (Å²) in [7, 11) is 0. The van der Waals surface area contributed by atoms with Crippen molar-refractivity contribution in [1.29, 1.82) is 0 Å². The molecule has 2 N–H and O–H groups in total. The van der Waals surface area contributed by atoms with Crippen LogP contribution < -0.4 is 5.32 Å². The molecule has 0 unspecified atom stereocenters. The van der Waals surface area contributed by atoms with Crippen LogP contribution in [0.1, 0.15) is 37.8 Å². The molecule has 0 saturated heterocycles. The molecule has 2 aromatic rings. The molecule has 0 spiro atoms. The number of carboxylic acid groups (broad SMARTS) is 1. The zero-order valence-electron chi connectivity index (χ0n) is 12.0. The van der Waals surface area contributed by atoms with Crippen molar-refractivity contribution in [1.82, 2.24) is 19.6 Å². The van der Waals surface area contributed by atoms with Gasteiger partial charge in [-0.1, -0.05) is 19.3 Å². The Labute approximate surface area is 122 Å². The maximum Gasteiger partial charge on any atom is 0.311 e. The van der Waals surface area contributed by atoms with Gasteiger partial charge in [-0.2, -0.15) is 14.6 Å². The molecule has 1 aliphatic rings. The maximum atomic E-state index is 11.7. The van der Waals surface area contributed by atoms with Crippen molar-refractivity contribution in [3.05, 3.63) is 18.1 Å². The van der Waals surface area contributed by atoms with Gasteiger partial charge in [0.25, 0.3) is 5.78 Å². The van der Waals surface area contributed by atoms with Gasteiger partial charge >= 0.3 is 5.97 Å². The molecule has 0 bridgehead atoms. The van der Waals surface area contributed by atoms with Crippen LogP contribution in [0, 0.1) is 12.3 Å². The maximum absolute atomic E-state index is 11.7. The molecule has 1 fully saturated rings. The van der Waals surface area contributed by atoms with Crippen molar-refractivity contribution in [2.24, 2.45) is 5.41 Å². The number of hydrogen-bond acceptors (Lipinski definition) is 5. The van der Waals surface area contributed by atoms with Crippen LogP contribution in [-0.4, -0.2) is 37.2 Å². The summed E-state index contributed by atoms with van der Waals surface area (Å²) in [4.78, 5) is 20.0. The van der Waals surface area contributed by atoms with E-state index in [9.17, 15) is 9.90 Å². The van der Waals surface area contributed by atoms with E-state index in [2.05, 4.69) is 20.4 Å². The van der Waals surface area contributed by atoms with Gasteiger partial charge in [-0.05, 0) is 19.8 Å². The SMILES string of the molecule is Cc1cc(NCC2(C(=O)O)CCCCC2)n2ncnc2n1. The minimum absolute atomic E-state index is 0.404. The van der Waals surface area contributed by atoms with Gasteiger partial charge in [0.05, 0.1) is 5.41 Å². The Morgan fingerprint density at radius 3 is 2.90 bits per heavy atom. The lowest BCUT2D eigenvalue weighted by molar-refractivity contribution is -0.150. The van der Waals surface area contributed by atoms with Gasteiger partial charge in [0, 0.05) is 18.3 Å². The molecule has 3 rings (SSSR count). The molecule has 2 aromatic heterocycles. The second-order valence-corrected chi connectivity index (χ2v) is 5.75. The molecule has 7 nitrogen and oxygen atoms in total. The molecule has 1 aliphatic carbocycles. The molecule has 0 atom stereocenters. The Kier molecular flexibility index (Phi) is 3.48. The van der Waals surface area contributed by atoms with Crippen molar-refractivity contribution in [2.75, 3.05) is 11.9 Å². The zero-order chi connectivity index (χ0) is 14.9. The van der Waals surface area contributed by atoms with Crippen LogP contribution in [-0.2, 0) is 4.79 Å². The highest BCUT2D eigenvalue weighted by atomic mass is 16.4. The summed E-state index contributed by atoms with van der Waals surface area (Å²) in [5.74, 6) is 0.544. The Morgan fingerprint density at radius 1 is 1.43 bits per heavy atom.